The molecule has 0 fully saturated rings. The maximum absolute atomic E-state index is 5.89. The molecule has 3 aromatic rings. The number of aromatic nitrogens is 3. The molecule has 3 rings (SSSR count). The van der Waals surface area contributed by atoms with Crippen LogP contribution in [0.1, 0.15) is 19.0 Å². The molecule has 0 saturated heterocycles. The van der Waals surface area contributed by atoms with Crippen LogP contribution in [0, 0.1) is 0 Å². The van der Waals surface area contributed by atoms with Gasteiger partial charge in [0.1, 0.15) is 0 Å². The van der Waals surface area contributed by atoms with Crippen molar-refractivity contribution >= 4 is 35.1 Å². The van der Waals surface area contributed by atoms with E-state index < -0.39 is 0 Å². The van der Waals surface area contributed by atoms with Gasteiger partial charge in [0.2, 0.25) is 5.95 Å². The van der Waals surface area contributed by atoms with E-state index in [1.54, 1.807) is 0 Å². The number of aryl methyl sites for hydroxylation is 2. The van der Waals surface area contributed by atoms with E-state index in [2.05, 4.69) is 45.0 Å². The molecular weight excluding hydrogens is 326 g/mol. The predicted molar refractivity (Wildman–Crippen MR) is 99.5 cm³/mol. The molecule has 0 aliphatic heterocycles. The van der Waals surface area contributed by atoms with Crippen molar-refractivity contribution in [1.82, 2.24) is 14.5 Å². The molecule has 7 heteroatoms. The normalized spacial score (nSPS) is 10.5. The zero-order valence-electron chi connectivity index (χ0n) is 13.6. The van der Waals surface area contributed by atoms with Crippen LogP contribution in [0.15, 0.2) is 36.5 Å². The van der Waals surface area contributed by atoms with E-state index in [1.807, 2.05) is 13.0 Å². The Balaban J connectivity index is 0.00000208. The average molecular weight is 348 g/mol. The summed E-state index contributed by atoms with van der Waals surface area (Å²) in [7, 11) is 0. The number of nitrogens with zero attached hydrogens (tertiary/aromatic N) is 3. The minimum atomic E-state index is 0. The van der Waals surface area contributed by atoms with Crippen molar-refractivity contribution in [2.24, 2.45) is 0 Å². The van der Waals surface area contributed by atoms with Gasteiger partial charge >= 0.3 is 0 Å². The highest BCUT2D eigenvalue weighted by molar-refractivity contribution is 5.85. The summed E-state index contributed by atoms with van der Waals surface area (Å²) >= 11 is 0. The lowest BCUT2D eigenvalue weighted by molar-refractivity contribution is 0.299. The Hall–Kier alpha value is -2.47. The molecule has 0 amide bonds. The Labute approximate surface area is 147 Å². The zero-order chi connectivity index (χ0) is 16.2. The number of benzene rings is 1. The van der Waals surface area contributed by atoms with Gasteiger partial charge in [-0.2, -0.15) is 4.98 Å². The SMILES string of the molecule is CCc1nc(N)nc(N)c1OCCCn1ccc2ccccc21.Cl. The van der Waals surface area contributed by atoms with Gasteiger partial charge in [0, 0.05) is 18.3 Å². The lowest BCUT2D eigenvalue weighted by atomic mass is 10.2. The summed E-state index contributed by atoms with van der Waals surface area (Å²) in [5.74, 6) is 1.05. The van der Waals surface area contributed by atoms with Gasteiger partial charge in [-0.15, -0.1) is 12.4 Å². The minimum Gasteiger partial charge on any atom is -0.488 e. The second-order valence-corrected chi connectivity index (χ2v) is 5.37. The van der Waals surface area contributed by atoms with Crippen LogP contribution < -0.4 is 16.2 Å². The van der Waals surface area contributed by atoms with E-state index in [1.165, 1.54) is 10.9 Å². The fourth-order valence-corrected chi connectivity index (χ4v) is 2.68. The summed E-state index contributed by atoms with van der Waals surface area (Å²) in [5, 5.41) is 1.25. The lowest BCUT2D eigenvalue weighted by Gasteiger charge is -2.12. The first-order valence-corrected chi connectivity index (χ1v) is 7.77. The summed E-state index contributed by atoms with van der Waals surface area (Å²) in [6.45, 7) is 3.42. The van der Waals surface area contributed by atoms with Crippen LogP contribution in [0.25, 0.3) is 10.9 Å². The molecule has 1 aromatic carbocycles. The zero-order valence-corrected chi connectivity index (χ0v) is 14.4. The summed E-state index contributed by atoms with van der Waals surface area (Å²) in [6.07, 6.45) is 3.67. The summed E-state index contributed by atoms with van der Waals surface area (Å²) < 4.78 is 8.03. The Kier molecular flexibility index (Phi) is 5.87. The van der Waals surface area contributed by atoms with E-state index in [4.69, 9.17) is 16.2 Å². The van der Waals surface area contributed by atoms with Crippen LogP contribution in [0.5, 0.6) is 5.75 Å². The van der Waals surface area contributed by atoms with Crippen LogP contribution in [0.4, 0.5) is 11.8 Å². The van der Waals surface area contributed by atoms with Crippen molar-refractivity contribution in [1.29, 1.82) is 0 Å². The summed E-state index contributed by atoms with van der Waals surface area (Å²) in [4.78, 5) is 8.14. The quantitative estimate of drug-likeness (QED) is 0.668. The summed E-state index contributed by atoms with van der Waals surface area (Å²) in [6, 6.07) is 10.5. The van der Waals surface area contributed by atoms with Crippen LogP contribution in [-0.2, 0) is 13.0 Å². The summed E-state index contributed by atoms with van der Waals surface area (Å²) in [5.41, 5.74) is 13.5. The van der Waals surface area contributed by atoms with Gasteiger partial charge in [-0.1, -0.05) is 25.1 Å². The molecule has 0 spiro atoms. The van der Waals surface area contributed by atoms with E-state index in [9.17, 15) is 0 Å². The molecule has 0 unspecified atom stereocenters. The first-order chi connectivity index (χ1) is 11.2. The monoisotopic (exact) mass is 347 g/mol. The highest BCUT2D eigenvalue weighted by atomic mass is 35.5. The Bertz CT molecular complexity index is 818. The van der Waals surface area contributed by atoms with Crippen molar-refractivity contribution in [3.05, 3.63) is 42.2 Å². The largest absolute Gasteiger partial charge is 0.488 e. The number of rotatable bonds is 6. The van der Waals surface area contributed by atoms with Crippen LogP contribution >= 0.6 is 12.4 Å². The predicted octanol–water partition coefficient (Wildman–Crippen LogP) is 3.05. The molecule has 6 nitrogen and oxygen atoms in total. The number of anilines is 2. The third kappa shape index (κ3) is 3.71. The van der Waals surface area contributed by atoms with E-state index >= 15 is 0 Å². The van der Waals surface area contributed by atoms with Gasteiger partial charge < -0.3 is 20.8 Å². The molecule has 0 aliphatic rings. The maximum atomic E-state index is 5.89. The highest BCUT2D eigenvalue weighted by Gasteiger charge is 2.11. The molecule has 0 bridgehead atoms. The highest BCUT2D eigenvalue weighted by Crippen LogP contribution is 2.25. The van der Waals surface area contributed by atoms with Crippen LogP contribution in [0.2, 0.25) is 0 Å². The molecule has 24 heavy (non-hydrogen) atoms. The smallest absolute Gasteiger partial charge is 0.222 e. The number of nitrogens with two attached hydrogens (primary N) is 2. The van der Waals surface area contributed by atoms with E-state index in [0.717, 1.165) is 18.7 Å². The van der Waals surface area contributed by atoms with Crippen molar-refractivity contribution in [2.45, 2.75) is 26.3 Å². The van der Waals surface area contributed by atoms with Gasteiger partial charge in [-0.05, 0) is 30.4 Å². The molecule has 0 atom stereocenters. The molecule has 0 aliphatic carbocycles. The number of hydrogen-bond acceptors (Lipinski definition) is 5. The van der Waals surface area contributed by atoms with Crippen molar-refractivity contribution in [3.63, 3.8) is 0 Å². The average Bonchev–Trinajstić information content (AvgIpc) is 2.96. The number of ether oxygens (including phenoxy) is 1. The Morgan fingerprint density at radius 3 is 2.71 bits per heavy atom. The fraction of sp³-hybridized carbons (Fsp3) is 0.294. The molecule has 2 heterocycles. The number of hydrogen-bond donors (Lipinski definition) is 2. The molecule has 4 N–H and O–H groups in total. The first kappa shape index (κ1) is 17.9. The van der Waals surface area contributed by atoms with Crippen molar-refractivity contribution in [3.8, 4) is 5.75 Å². The van der Waals surface area contributed by atoms with Crippen LogP contribution in [0.3, 0.4) is 0 Å². The van der Waals surface area contributed by atoms with Crippen molar-refractivity contribution < 1.29 is 4.74 Å². The number of fused-ring (bicyclic) bond motifs is 1. The van der Waals surface area contributed by atoms with Gasteiger partial charge in [0.15, 0.2) is 11.6 Å². The second-order valence-electron chi connectivity index (χ2n) is 5.37. The van der Waals surface area contributed by atoms with Crippen LogP contribution in [-0.4, -0.2) is 21.1 Å². The minimum absolute atomic E-state index is 0. The lowest BCUT2D eigenvalue weighted by Crippen LogP contribution is -2.10. The van der Waals surface area contributed by atoms with E-state index in [-0.39, 0.29) is 18.4 Å². The fourth-order valence-electron chi connectivity index (χ4n) is 2.68. The van der Waals surface area contributed by atoms with Gasteiger partial charge in [0.05, 0.1) is 12.3 Å². The molecule has 0 saturated carbocycles. The number of nitrogen functional groups attached to an aromatic ring is 2. The number of halogens is 1. The molecular formula is C17H22ClN5O. The van der Waals surface area contributed by atoms with Gasteiger partial charge in [-0.3, -0.25) is 0 Å². The standard InChI is InChI=1S/C17H21N5O.ClH/c1-2-13-15(16(18)21-17(19)20-13)23-11-5-9-22-10-8-12-6-3-4-7-14(12)22;/h3-4,6-8,10H,2,5,9,11H2,1H3,(H4,18,19,20,21);1H. The first-order valence-electron chi connectivity index (χ1n) is 7.77. The molecule has 0 radical (unpaired) electrons. The van der Waals surface area contributed by atoms with Gasteiger partial charge in [0.25, 0.3) is 0 Å². The number of para-hydroxylation sites is 1. The Morgan fingerprint density at radius 2 is 1.92 bits per heavy atom. The molecule has 2 aromatic heterocycles. The third-order valence-corrected chi connectivity index (χ3v) is 3.78. The topological polar surface area (TPSA) is 92.0 Å². The van der Waals surface area contributed by atoms with Crippen molar-refractivity contribution in [2.75, 3.05) is 18.1 Å². The van der Waals surface area contributed by atoms with E-state index in [0.29, 0.717) is 24.6 Å². The Morgan fingerprint density at radius 1 is 1.12 bits per heavy atom. The third-order valence-electron chi connectivity index (χ3n) is 3.78. The molecule has 128 valence electrons. The maximum Gasteiger partial charge on any atom is 0.222 e. The van der Waals surface area contributed by atoms with Gasteiger partial charge in [-0.25, -0.2) is 4.98 Å². The second kappa shape index (κ2) is 7.88.